The first-order valence-electron chi connectivity index (χ1n) is 7.66. The Morgan fingerprint density at radius 1 is 1.30 bits per heavy atom. The summed E-state index contributed by atoms with van der Waals surface area (Å²) >= 11 is 0. The fraction of sp³-hybridized carbons (Fsp3) is 0.562. The number of hydrogen-bond acceptors (Lipinski definition) is 2. The summed E-state index contributed by atoms with van der Waals surface area (Å²) in [6, 6.07) is 4.81. The number of carbonyl (C=O) groups excluding carboxylic acids is 1. The van der Waals surface area contributed by atoms with Crippen molar-refractivity contribution in [2.75, 3.05) is 26.3 Å². The van der Waals surface area contributed by atoms with Crippen molar-refractivity contribution in [1.82, 2.24) is 10.2 Å². The van der Waals surface area contributed by atoms with Gasteiger partial charge >= 0.3 is 12.2 Å². The average Bonchev–Trinajstić information content (AvgIpc) is 2.75. The Morgan fingerprint density at radius 2 is 2.04 bits per heavy atom. The molecular weight excluding hydrogens is 309 g/mol. The Labute approximate surface area is 133 Å². The number of alkyl halides is 3. The summed E-state index contributed by atoms with van der Waals surface area (Å²) in [6.07, 6.45) is -3.49. The number of nitrogens with zero attached hydrogens (tertiary/aromatic N) is 1. The molecule has 7 heteroatoms. The van der Waals surface area contributed by atoms with Crippen LogP contribution in [0.15, 0.2) is 24.3 Å². The molecule has 1 heterocycles. The Bertz CT molecular complexity index is 526. The van der Waals surface area contributed by atoms with Gasteiger partial charge in [0.15, 0.2) is 0 Å². The molecule has 4 nitrogen and oxygen atoms in total. The highest BCUT2D eigenvalue weighted by Crippen LogP contribution is 2.32. The molecule has 0 unspecified atom stereocenters. The maximum absolute atomic E-state index is 13.0. The van der Waals surface area contributed by atoms with Gasteiger partial charge in [-0.05, 0) is 31.4 Å². The smallest absolute Gasteiger partial charge is 0.380 e. The van der Waals surface area contributed by atoms with Crippen LogP contribution in [0, 0.1) is 0 Å². The molecule has 1 aromatic carbocycles. The number of nitrogens with one attached hydrogen (secondary N) is 1. The molecule has 0 saturated carbocycles. The van der Waals surface area contributed by atoms with E-state index in [9.17, 15) is 18.0 Å². The van der Waals surface area contributed by atoms with Crippen LogP contribution >= 0.6 is 0 Å². The monoisotopic (exact) mass is 330 g/mol. The molecule has 1 atom stereocenters. The molecule has 1 aliphatic rings. The average molecular weight is 330 g/mol. The lowest BCUT2D eigenvalue weighted by Crippen LogP contribution is -2.45. The number of urea groups is 1. The highest BCUT2D eigenvalue weighted by molar-refractivity contribution is 5.74. The second-order valence-corrected chi connectivity index (χ2v) is 5.66. The molecule has 2 rings (SSSR count). The topological polar surface area (TPSA) is 41.6 Å². The van der Waals surface area contributed by atoms with Crippen molar-refractivity contribution in [3.05, 3.63) is 35.4 Å². The van der Waals surface area contributed by atoms with Crippen LogP contribution in [0.4, 0.5) is 18.0 Å². The summed E-state index contributed by atoms with van der Waals surface area (Å²) in [4.78, 5) is 13.8. The zero-order valence-corrected chi connectivity index (χ0v) is 13.0. The van der Waals surface area contributed by atoms with E-state index in [1.807, 2.05) is 0 Å². The van der Waals surface area contributed by atoms with E-state index in [1.54, 1.807) is 17.9 Å². The number of halogens is 3. The molecule has 0 spiro atoms. The second kappa shape index (κ2) is 7.68. The van der Waals surface area contributed by atoms with Gasteiger partial charge in [-0.3, -0.25) is 0 Å². The third kappa shape index (κ3) is 5.13. The van der Waals surface area contributed by atoms with Crippen molar-refractivity contribution in [2.45, 2.75) is 32.0 Å². The van der Waals surface area contributed by atoms with Gasteiger partial charge in [0.2, 0.25) is 0 Å². The molecule has 128 valence electrons. The number of ether oxygens (including phenoxy) is 1. The van der Waals surface area contributed by atoms with Crippen molar-refractivity contribution in [3.63, 3.8) is 0 Å². The normalized spacial score (nSPS) is 17.5. The lowest BCUT2D eigenvalue weighted by Gasteiger charge is -2.24. The van der Waals surface area contributed by atoms with Gasteiger partial charge < -0.3 is 15.0 Å². The quantitative estimate of drug-likeness (QED) is 0.925. The molecular formula is C16H21F3N2O2. The summed E-state index contributed by atoms with van der Waals surface area (Å²) < 4.78 is 44.2. The highest BCUT2D eigenvalue weighted by atomic mass is 19.4. The minimum absolute atomic E-state index is 0.131. The van der Waals surface area contributed by atoms with Crippen LogP contribution in [0.3, 0.4) is 0 Å². The summed E-state index contributed by atoms with van der Waals surface area (Å²) in [5.41, 5.74) is -0.462. The van der Waals surface area contributed by atoms with Crippen molar-refractivity contribution in [1.29, 1.82) is 0 Å². The number of amides is 2. The van der Waals surface area contributed by atoms with Crippen molar-refractivity contribution < 1.29 is 22.7 Å². The molecule has 1 saturated heterocycles. The molecule has 0 aromatic heterocycles. The maximum atomic E-state index is 13.0. The second-order valence-electron chi connectivity index (χ2n) is 5.66. The number of rotatable bonds is 3. The maximum Gasteiger partial charge on any atom is 0.416 e. The van der Waals surface area contributed by atoms with Gasteiger partial charge in [-0.1, -0.05) is 18.2 Å². The SMILES string of the molecule is C[C@H](Cc1ccccc1C(F)(F)F)NC(=O)N1CCCOCC1. The van der Waals surface area contributed by atoms with E-state index < -0.39 is 17.8 Å². The minimum Gasteiger partial charge on any atom is -0.380 e. The van der Waals surface area contributed by atoms with Crippen LogP contribution < -0.4 is 5.32 Å². The lowest BCUT2D eigenvalue weighted by molar-refractivity contribution is -0.138. The van der Waals surface area contributed by atoms with E-state index in [0.717, 1.165) is 12.5 Å². The van der Waals surface area contributed by atoms with Crippen molar-refractivity contribution >= 4 is 6.03 Å². The number of carbonyl (C=O) groups is 1. The van der Waals surface area contributed by atoms with Crippen LogP contribution in [-0.4, -0.2) is 43.3 Å². The first-order chi connectivity index (χ1) is 10.9. The Morgan fingerprint density at radius 3 is 2.78 bits per heavy atom. The van der Waals surface area contributed by atoms with Gasteiger partial charge in [0, 0.05) is 25.7 Å². The van der Waals surface area contributed by atoms with Gasteiger partial charge in [0.25, 0.3) is 0 Å². The zero-order chi connectivity index (χ0) is 16.9. The zero-order valence-electron chi connectivity index (χ0n) is 13.0. The Balaban J connectivity index is 1.97. The Hall–Kier alpha value is -1.76. The van der Waals surface area contributed by atoms with Crippen LogP contribution in [0.25, 0.3) is 0 Å². The Kier molecular flexibility index (Phi) is 5.87. The largest absolute Gasteiger partial charge is 0.416 e. The predicted octanol–water partition coefficient (Wildman–Crippen LogP) is 3.07. The number of benzene rings is 1. The van der Waals surface area contributed by atoms with Gasteiger partial charge in [-0.15, -0.1) is 0 Å². The van der Waals surface area contributed by atoms with E-state index in [1.165, 1.54) is 12.1 Å². The molecule has 23 heavy (non-hydrogen) atoms. The molecule has 1 fully saturated rings. The molecule has 2 amide bonds. The van der Waals surface area contributed by atoms with Crippen molar-refractivity contribution in [2.24, 2.45) is 0 Å². The number of hydrogen-bond donors (Lipinski definition) is 1. The fourth-order valence-corrected chi connectivity index (χ4v) is 2.61. The summed E-state index contributed by atoms with van der Waals surface area (Å²) in [6.45, 7) is 3.91. The fourth-order valence-electron chi connectivity index (χ4n) is 2.61. The molecule has 1 aliphatic heterocycles. The van der Waals surface area contributed by atoms with E-state index >= 15 is 0 Å². The first-order valence-corrected chi connectivity index (χ1v) is 7.66. The standard InChI is InChI=1S/C16H21F3N2O2/c1-12(20-15(22)21-7-4-9-23-10-8-21)11-13-5-2-3-6-14(13)16(17,18)19/h2-3,5-6,12H,4,7-11H2,1H3,(H,20,22)/t12-/m1/s1. The molecule has 0 radical (unpaired) electrons. The molecule has 0 bridgehead atoms. The van der Waals surface area contributed by atoms with E-state index in [-0.39, 0.29) is 18.0 Å². The predicted molar refractivity (Wildman–Crippen MR) is 80.2 cm³/mol. The van der Waals surface area contributed by atoms with Crippen molar-refractivity contribution in [3.8, 4) is 0 Å². The van der Waals surface area contributed by atoms with Crippen LogP contribution in [-0.2, 0) is 17.3 Å². The summed E-state index contributed by atoms with van der Waals surface area (Å²) in [5.74, 6) is 0. The van der Waals surface area contributed by atoms with E-state index in [0.29, 0.717) is 26.3 Å². The van der Waals surface area contributed by atoms with Crippen LogP contribution in [0.5, 0.6) is 0 Å². The van der Waals surface area contributed by atoms with Gasteiger partial charge in [-0.2, -0.15) is 13.2 Å². The molecule has 0 aliphatic carbocycles. The van der Waals surface area contributed by atoms with Gasteiger partial charge in [-0.25, -0.2) is 4.79 Å². The summed E-state index contributed by atoms with van der Waals surface area (Å²) in [5, 5.41) is 2.77. The van der Waals surface area contributed by atoms with Crippen LogP contribution in [0.1, 0.15) is 24.5 Å². The third-order valence-electron chi connectivity index (χ3n) is 3.73. The summed E-state index contributed by atoms with van der Waals surface area (Å²) in [7, 11) is 0. The van der Waals surface area contributed by atoms with E-state index in [4.69, 9.17) is 4.74 Å². The molecule has 1 N–H and O–H groups in total. The third-order valence-corrected chi connectivity index (χ3v) is 3.73. The van der Waals surface area contributed by atoms with E-state index in [2.05, 4.69) is 5.32 Å². The van der Waals surface area contributed by atoms with Crippen LogP contribution in [0.2, 0.25) is 0 Å². The lowest BCUT2D eigenvalue weighted by atomic mass is 10.0. The van der Waals surface area contributed by atoms with Gasteiger partial charge in [0.1, 0.15) is 0 Å². The minimum atomic E-state index is -4.39. The molecule has 1 aromatic rings. The highest BCUT2D eigenvalue weighted by Gasteiger charge is 2.33. The van der Waals surface area contributed by atoms with Gasteiger partial charge in [0.05, 0.1) is 12.2 Å². The first kappa shape index (κ1) is 17.6.